The number of terminal acetylenes is 1. The molecule has 3 rings (SSSR count). The minimum atomic E-state index is -1.50. The Morgan fingerprint density at radius 1 is 1.54 bits per heavy atom. The van der Waals surface area contributed by atoms with Crippen molar-refractivity contribution in [2.24, 2.45) is 0 Å². The zero-order valence-corrected chi connectivity index (χ0v) is 15.9. The standard InChI is InChI=1S/C16H15Cl2N3O3.HNO3/c1-2-5-22-7-13-8-23-16(24-13,9-21-11-19-10-20-21)14-4-3-12(17)6-15(14)18;2-1(3)4/h1,3-4,6,10-11,13H,5,7-9H2;(H,2,3,4). The maximum atomic E-state index is 8.36. The van der Waals surface area contributed by atoms with E-state index in [4.69, 9.17) is 59.2 Å². The van der Waals surface area contributed by atoms with Gasteiger partial charge in [-0.3, -0.25) is 0 Å². The normalized spacial score (nSPS) is 20.8. The van der Waals surface area contributed by atoms with E-state index < -0.39 is 10.9 Å². The molecular weight excluding hydrogens is 415 g/mol. The summed E-state index contributed by atoms with van der Waals surface area (Å²) >= 11 is 12.4. The molecule has 2 unspecified atom stereocenters. The molecule has 12 heteroatoms. The summed E-state index contributed by atoms with van der Waals surface area (Å²) in [5.41, 5.74) is 0.670. The number of rotatable bonds is 6. The molecule has 2 heterocycles. The lowest BCUT2D eigenvalue weighted by molar-refractivity contribution is -0.742. The summed E-state index contributed by atoms with van der Waals surface area (Å²) in [6.45, 7) is 1.18. The Labute approximate surface area is 170 Å². The molecule has 1 aliphatic heterocycles. The van der Waals surface area contributed by atoms with Gasteiger partial charge in [-0.05, 0) is 12.1 Å². The quantitative estimate of drug-likeness (QED) is 0.320. The van der Waals surface area contributed by atoms with Crippen LogP contribution in [0.3, 0.4) is 0 Å². The highest BCUT2D eigenvalue weighted by molar-refractivity contribution is 6.35. The highest BCUT2D eigenvalue weighted by Crippen LogP contribution is 2.40. The van der Waals surface area contributed by atoms with Crippen molar-refractivity contribution in [2.75, 3.05) is 19.8 Å². The molecule has 10 nitrogen and oxygen atoms in total. The first-order valence-electron chi connectivity index (χ1n) is 7.80. The van der Waals surface area contributed by atoms with Crippen LogP contribution < -0.4 is 0 Å². The van der Waals surface area contributed by atoms with Gasteiger partial charge in [-0.1, -0.05) is 35.2 Å². The molecule has 0 spiro atoms. The lowest BCUT2D eigenvalue weighted by Crippen LogP contribution is -2.34. The van der Waals surface area contributed by atoms with Crippen molar-refractivity contribution >= 4 is 23.2 Å². The maximum Gasteiger partial charge on any atom is 0.291 e. The second-order valence-electron chi connectivity index (χ2n) is 5.48. The highest BCUT2D eigenvalue weighted by Gasteiger charge is 2.45. The lowest BCUT2D eigenvalue weighted by atomic mass is 10.1. The van der Waals surface area contributed by atoms with Crippen LogP contribution in [-0.4, -0.2) is 51.0 Å². The van der Waals surface area contributed by atoms with E-state index in [1.54, 1.807) is 29.2 Å². The van der Waals surface area contributed by atoms with Crippen LogP contribution in [0.15, 0.2) is 30.9 Å². The summed E-state index contributed by atoms with van der Waals surface area (Å²) in [6.07, 6.45) is 7.94. The Morgan fingerprint density at radius 2 is 2.29 bits per heavy atom. The summed E-state index contributed by atoms with van der Waals surface area (Å²) in [5.74, 6) is 1.32. The van der Waals surface area contributed by atoms with Crippen LogP contribution in [0.4, 0.5) is 0 Å². The fourth-order valence-electron chi connectivity index (χ4n) is 2.53. The first-order chi connectivity index (χ1) is 13.4. The van der Waals surface area contributed by atoms with Gasteiger partial charge >= 0.3 is 0 Å². The highest BCUT2D eigenvalue weighted by atomic mass is 35.5. The smallest absolute Gasteiger partial charge is 0.291 e. The van der Waals surface area contributed by atoms with E-state index in [-0.39, 0.29) is 12.7 Å². The summed E-state index contributed by atoms with van der Waals surface area (Å²) in [6, 6.07) is 5.17. The van der Waals surface area contributed by atoms with Gasteiger partial charge in [-0.15, -0.1) is 16.5 Å². The lowest BCUT2D eigenvalue weighted by Gasteiger charge is -2.29. The fraction of sp³-hybridized carbons (Fsp3) is 0.375. The monoisotopic (exact) mass is 430 g/mol. The van der Waals surface area contributed by atoms with Crippen LogP contribution in [0.1, 0.15) is 5.56 Å². The molecule has 0 amide bonds. The number of hydrogen-bond donors (Lipinski definition) is 1. The van der Waals surface area contributed by atoms with E-state index in [0.717, 1.165) is 0 Å². The molecule has 2 atom stereocenters. The van der Waals surface area contributed by atoms with Gasteiger partial charge in [-0.25, -0.2) is 9.67 Å². The molecular formula is C16H16Cl2N4O6. The summed E-state index contributed by atoms with van der Waals surface area (Å²) in [4.78, 5) is 12.3. The van der Waals surface area contributed by atoms with Crippen molar-refractivity contribution in [1.29, 1.82) is 0 Å². The average Bonchev–Trinajstić information content (AvgIpc) is 3.26. The number of halogens is 2. The van der Waals surface area contributed by atoms with E-state index >= 15 is 0 Å². The van der Waals surface area contributed by atoms with Gasteiger partial charge in [0.05, 0.1) is 18.2 Å². The summed E-state index contributed by atoms with van der Waals surface area (Å²) in [7, 11) is 0. The van der Waals surface area contributed by atoms with E-state index in [2.05, 4.69) is 16.0 Å². The number of aromatic nitrogens is 3. The van der Waals surface area contributed by atoms with Crippen LogP contribution in [0.2, 0.25) is 10.0 Å². The Morgan fingerprint density at radius 3 is 2.89 bits per heavy atom. The third-order valence-corrected chi connectivity index (χ3v) is 4.07. The van der Waals surface area contributed by atoms with Gasteiger partial charge in [0.1, 0.15) is 31.9 Å². The molecule has 28 heavy (non-hydrogen) atoms. The molecule has 1 saturated heterocycles. The Kier molecular flexibility index (Phi) is 7.98. The van der Waals surface area contributed by atoms with Crippen LogP contribution in [0.5, 0.6) is 0 Å². The van der Waals surface area contributed by atoms with E-state index in [1.165, 1.54) is 6.33 Å². The van der Waals surface area contributed by atoms with E-state index in [0.29, 0.717) is 35.4 Å². The molecule has 1 aromatic carbocycles. The minimum Gasteiger partial charge on any atom is -0.366 e. The molecule has 150 valence electrons. The second-order valence-corrected chi connectivity index (χ2v) is 6.32. The largest absolute Gasteiger partial charge is 0.366 e. The van der Waals surface area contributed by atoms with Gasteiger partial charge in [-0.2, -0.15) is 5.10 Å². The van der Waals surface area contributed by atoms with Gasteiger partial charge in [0.25, 0.3) is 5.09 Å². The van der Waals surface area contributed by atoms with Gasteiger partial charge in [0, 0.05) is 10.6 Å². The Hall–Kier alpha value is -2.42. The fourth-order valence-corrected chi connectivity index (χ4v) is 3.08. The average molecular weight is 431 g/mol. The van der Waals surface area contributed by atoms with Crippen molar-refractivity contribution in [3.05, 3.63) is 56.6 Å². The number of nitrogens with zero attached hydrogens (tertiary/aromatic N) is 4. The molecule has 1 fully saturated rings. The summed E-state index contributed by atoms with van der Waals surface area (Å²) < 4.78 is 19.1. The number of hydrogen-bond acceptors (Lipinski definition) is 7. The van der Waals surface area contributed by atoms with Crippen molar-refractivity contribution in [3.8, 4) is 12.3 Å². The summed E-state index contributed by atoms with van der Waals surface area (Å²) in [5, 5.41) is 18.7. The third-order valence-electron chi connectivity index (χ3n) is 3.53. The third kappa shape index (κ3) is 6.05. The van der Waals surface area contributed by atoms with Crippen molar-refractivity contribution in [1.82, 2.24) is 14.8 Å². The van der Waals surface area contributed by atoms with Gasteiger partial charge < -0.3 is 19.4 Å². The maximum absolute atomic E-state index is 8.36. The van der Waals surface area contributed by atoms with E-state index in [9.17, 15) is 0 Å². The van der Waals surface area contributed by atoms with Crippen LogP contribution in [0, 0.1) is 22.5 Å². The first kappa shape index (κ1) is 21.9. The molecule has 2 aromatic rings. The molecule has 0 radical (unpaired) electrons. The topological polar surface area (TPSA) is 122 Å². The van der Waals surface area contributed by atoms with Crippen LogP contribution >= 0.6 is 23.2 Å². The van der Waals surface area contributed by atoms with E-state index in [1.807, 2.05) is 0 Å². The van der Waals surface area contributed by atoms with Gasteiger partial charge in [0.15, 0.2) is 0 Å². The second kappa shape index (κ2) is 10.2. The molecule has 1 N–H and O–H groups in total. The predicted octanol–water partition coefficient (Wildman–Crippen LogP) is 2.16. The predicted molar refractivity (Wildman–Crippen MR) is 97.4 cm³/mol. The Balaban J connectivity index is 0.000000640. The molecule has 1 aromatic heterocycles. The van der Waals surface area contributed by atoms with Crippen LogP contribution in [0.25, 0.3) is 0 Å². The number of ether oxygens (including phenoxy) is 3. The SMILES string of the molecule is C#CCOCC1COC(Cn2cncn2)(c2ccc(Cl)cc2Cl)O1.O=[N+]([O-])O. The Bertz CT molecular complexity index is 825. The van der Waals surface area contributed by atoms with Crippen molar-refractivity contribution < 1.29 is 24.5 Å². The first-order valence-corrected chi connectivity index (χ1v) is 8.56. The molecule has 0 bridgehead atoms. The van der Waals surface area contributed by atoms with Gasteiger partial charge in [0.2, 0.25) is 5.79 Å². The van der Waals surface area contributed by atoms with Crippen molar-refractivity contribution in [3.63, 3.8) is 0 Å². The zero-order valence-electron chi connectivity index (χ0n) is 14.4. The molecule has 1 aliphatic rings. The zero-order chi connectivity index (χ0) is 20.6. The molecule has 0 aliphatic carbocycles. The van der Waals surface area contributed by atoms with Crippen LogP contribution in [-0.2, 0) is 26.5 Å². The molecule has 0 saturated carbocycles. The van der Waals surface area contributed by atoms with Crippen molar-refractivity contribution in [2.45, 2.75) is 18.4 Å². The number of benzene rings is 1. The minimum absolute atomic E-state index is 0.220.